The van der Waals surface area contributed by atoms with E-state index >= 15 is 0 Å². The van der Waals surface area contributed by atoms with E-state index in [0.29, 0.717) is 19.1 Å². The molecular formula is C29H51FO2. The molecule has 0 radical (unpaired) electrons. The SMILES string of the molecule is CC(C)CC(COCCCCCCCCCCCCCCCCF)OCc1ccccc1. The van der Waals surface area contributed by atoms with Crippen molar-refractivity contribution in [2.24, 2.45) is 5.92 Å². The lowest BCUT2D eigenvalue weighted by atomic mass is 10.0. The summed E-state index contributed by atoms with van der Waals surface area (Å²) in [6.45, 7) is 6.58. The number of unbranched alkanes of at least 4 members (excludes halogenated alkanes) is 13. The lowest BCUT2D eigenvalue weighted by Gasteiger charge is -2.20. The van der Waals surface area contributed by atoms with Crippen molar-refractivity contribution < 1.29 is 13.9 Å². The molecule has 0 amide bonds. The lowest BCUT2D eigenvalue weighted by molar-refractivity contribution is -0.0346. The number of ether oxygens (including phenoxy) is 2. The van der Waals surface area contributed by atoms with Crippen molar-refractivity contribution in [2.45, 2.75) is 123 Å². The number of hydrogen-bond acceptors (Lipinski definition) is 2. The maximum absolute atomic E-state index is 12.0. The molecule has 0 heterocycles. The Morgan fingerprint density at radius 2 is 1.19 bits per heavy atom. The number of alkyl halides is 1. The van der Waals surface area contributed by atoms with E-state index in [9.17, 15) is 4.39 Å². The summed E-state index contributed by atoms with van der Waals surface area (Å²) in [7, 11) is 0. The molecule has 1 atom stereocenters. The van der Waals surface area contributed by atoms with Gasteiger partial charge >= 0.3 is 0 Å². The van der Waals surface area contributed by atoms with Gasteiger partial charge in [-0.2, -0.15) is 0 Å². The first-order valence-corrected chi connectivity index (χ1v) is 13.5. The first-order chi connectivity index (χ1) is 15.7. The molecule has 0 fully saturated rings. The van der Waals surface area contributed by atoms with Crippen molar-refractivity contribution in [3.63, 3.8) is 0 Å². The molecule has 0 saturated carbocycles. The van der Waals surface area contributed by atoms with Crippen molar-refractivity contribution in [3.8, 4) is 0 Å². The van der Waals surface area contributed by atoms with Gasteiger partial charge in [0.15, 0.2) is 0 Å². The van der Waals surface area contributed by atoms with Crippen LogP contribution in [0.15, 0.2) is 30.3 Å². The normalized spacial score (nSPS) is 12.5. The highest BCUT2D eigenvalue weighted by molar-refractivity contribution is 5.13. The number of hydrogen-bond donors (Lipinski definition) is 0. The van der Waals surface area contributed by atoms with Crippen LogP contribution in [0.2, 0.25) is 0 Å². The first kappa shape index (κ1) is 29.1. The second-order valence-corrected chi connectivity index (χ2v) is 9.76. The largest absolute Gasteiger partial charge is 0.379 e. The molecule has 1 aromatic rings. The van der Waals surface area contributed by atoms with E-state index in [1.807, 2.05) is 6.07 Å². The Morgan fingerprint density at radius 1 is 0.688 bits per heavy atom. The topological polar surface area (TPSA) is 18.5 Å². The van der Waals surface area contributed by atoms with Gasteiger partial charge in [-0.15, -0.1) is 0 Å². The van der Waals surface area contributed by atoms with Crippen molar-refractivity contribution >= 4 is 0 Å². The van der Waals surface area contributed by atoms with Crippen molar-refractivity contribution in [1.82, 2.24) is 0 Å². The summed E-state index contributed by atoms with van der Waals surface area (Å²) >= 11 is 0. The van der Waals surface area contributed by atoms with E-state index in [-0.39, 0.29) is 12.8 Å². The third-order valence-corrected chi connectivity index (χ3v) is 6.04. The Labute approximate surface area is 198 Å². The van der Waals surface area contributed by atoms with Crippen LogP contribution < -0.4 is 0 Å². The van der Waals surface area contributed by atoms with E-state index in [2.05, 4.69) is 38.1 Å². The lowest BCUT2D eigenvalue weighted by Crippen LogP contribution is -2.22. The predicted molar refractivity (Wildman–Crippen MR) is 136 cm³/mol. The Balaban J connectivity index is 1.89. The average molecular weight is 451 g/mol. The molecule has 2 nitrogen and oxygen atoms in total. The zero-order valence-electron chi connectivity index (χ0n) is 21.2. The molecular weight excluding hydrogens is 399 g/mol. The Kier molecular flexibility index (Phi) is 19.9. The monoisotopic (exact) mass is 450 g/mol. The maximum atomic E-state index is 12.0. The number of halogens is 1. The summed E-state index contributed by atoms with van der Waals surface area (Å²) in [6, 6.07) is 10.4. The second-order valence-electron chi connectivity index (χ2n) is 9.76. The van der Waals surface area contributed by atoms with Crippen LogP contribution in [-0.4, -0.2) is 26.0 Å². The van der Waals surface area contributed by atoms with Gasteiger partial charge in [-0.3, -0.25) is 4.39 Å². The standard InChI is InChI=1S/C29H51FO2/c1-27(2)24-29(32-25-28-20-16-15-17-21-28)26-31-23-19-14-12-10-8-6-4-3-5-7-9-11-13-18-22-30/h15-17,20-21,27,29H,3-14,18-19,22-26H2,1-2H3. The van der Waals surface area contributed by atoms with E-state index in [1.165, 1.54) is 76.2 Å². The fraction of sp³-hybridized carbons (Fsp3) is 0.793. The molecule has 3 heteroatoms. The minimum Gasteiger partial charge on any atom is -0.379 e. The summed E-state index contributed by atoms with van der Waals surface area (Å²) in [6.07, 6.45) is 18.9. The van der Waals surface area contributed by atoms with Gasteiger partial charge in [0, 0.05) is 6.61 Å². The molecule has 0 aliphatic rings. The van der Waals surface area contributed by atoms with Crippen LogP contribution in [0, 0.1) is 5.92 Å². The van der Waals surface area contributed by atoms with Crippen LogP contribution in [0.4, 0.5) is 4.39 Å². The molecule has 0 aliphatic carbocycles. The van der Waals surface area contributed by atoms with Crippen LogP contribution in [0.25, 0.3) is 0 Å². The van der Waals surface area contributed by atoms with Crippen molar-refractivity contribution in [2.75, 3.05) is 19.9 Å². The quantitative estimate of drug-likeness (QED) is 0.155. The highest BCUT2D eigenvalue weighted by Crippen LogP contribution is 2.14. The zero-order valence-corrected chi connectivity index (χ0v) is 21.2. The molecule has 1 aromatic carbocycles. The Bertz CT molecular complexity index is 491. The third kappa shape index (κ3) is 18.6. The van der Waals surface area contributed by atoms with Gasteiger partial charge in [0.05, 0.1) is 26.0 Å². The Hall–Kier alpha value is -0.930. The summed E-state index contributed by atoms with van der Waals surface area (Å²) in [5.74, 6) is 0.617. The molecule has 0 aliphatic heterocycles. The fourth-order valence-electron chi connectivity index (χ4n) is 4.13. The van der Waals surface area contributed by atoms with Crippen molar-refractivity contribution in [3.05, 3.63) is 35.9 Å². The molecule has 1 rings (SSSR count). The van der Waals surface area contributed by atoms with Crippen LogP contribution in [0.5, 0.6) is 0 Å². The van der Waals surface area contributed by atoms with Crippen LogP contribution in [-0.2, 0) is 16.1 Å². The first-order valence-electron chi connectivity index (χ1n) is 13.5. The smallest absolute Gasteiger partial charge is 0.0894 e. The predicted octanol–water partition coefficient (Wildman–Crippen LogP) is 9.07. The summed E-state index contributed by atoms with van der Waals surface area (Å²) in [5, 5.41) is 0. The third-order valence-electron chi connectivity index (χ3n) is 6.04. The van der Waals surface area contributed by atoms with Gasteiger partial charge in [-0.1, -0.05) is 121 Å². The summed E-state index contributed by atoms with van der Waals surface area (Å²) in [5.41, 5.74) is 1.23. The summed E-state index contributed by atoms with van der Waals surface area (Å²) in [4.78, 5) is 0. The van der Waals surface area contributed by atoms with Gasteiger partial charge in [0.1, 0.15) is 0 Å². The van der Waals surface area contributed by atoms with Gasteiger partial charge in [-0.05, 0) is 30.7 Å². The molecule has 32 heavy (non-hydrogen) atoms. The number of rotatable bonds is 23. The molecule has 1 unspecified atom stereocenters. The highest BCUT2D eigenvalue weighted by Gasteiger charge is 2.12. The van der Waals surface area contributed by atoms with Gasteiger partial charge in [0.2, 0.25) is 0 Å². The average Bonchev–Trinajstić information content (AvgIpc) is 2.79. The zero-order chi connectivity index (χ0) is 23.1. The van der Waals surface area contributed by atoms with Gasteiger partial charge in [-0.25, -0.2) is 0 Å². The van der Waals surface area contributed by atoms with Crippen molar-refractivity contribution in [1.29, 1.82) is 0 Å². The Morgan fingerprint density at radius 3 is 1.69 bits per heavy atom. The minimum atomic E-state index is -0.143. The van der Waals surface area contributed by atoms with E-state index in [1.54, 1.807) is 0 Å². The van der Waals surface area contributed by atoms with E-state index in [4.69, 9.17) is 9.47 Å². The number of benzene rings is 1. The summed E-state index contributed by atoms with van der Waals surface area (Å²) < 4.78 is 24.1. The van der Waals surface area contributed by atoms with E-state index in [0.717, 1.165) is 32.3 Å². The highest BCUT2D eigenvalue weighted by atomic mass is 19.1. The van der Waals surface area contributed by atoms with E-state index < -0.39 is 0 Å². The molecule has 0 N–H and O–H groups in total. The molecule has 0 saturated heterocycles. The van der Waals surface area contributed by atoms with Crippen LogP contribution in [0.3, 0.4) is 0 Å². The minimum absolute atomic E-state index is 0.143. The fourth-order valence-corrected chi connectivity index (χ4v) is 4.13. The molecule has 0 bridgehead atoms. The van der Waals surface area contributed by atoms with Crippen LogP contribution >= 0.6 is 0 Å². The van der Waals surface area contributed by atoms with Gasteiger partial charge < -0.3 is 9.47 Å². The second kappa shape index (κ2) is 21.9. The maximum Gasteiger partial charge on any atom is 0.0894 e. The molecule has 186 valence electrons. The molecule has 0 spiro atoms. The molecule has 0 aromatic heterocycles. The van der Waals surface area contributed by atoms with Gasteiger partial charge in [0.25, 0.3) is 0 Å². The van der Waals surface area contributed by atoms with Crippen LogP contribution in [0.1, 0.15) is 116 Å².